The number of likely N-dealkylation sites (N-methyl/N-ethyl adjacent to an activating group) is 1. The number of fused-ring (bicyclic) bond motifs is 1. The Morgan fingerprint density at radius 1 is 1.00 bits per heavy atom. The first kappa shape index (κ1) is 29.2. The number of pyridine rings is 1. The van der Waals surface area contributed by atoms with Crippen LogP contribution in [0.3, 0.4) is 0 Å². The lowest BCUT2D eigenvalue weighted by molar-refractivity contribution is -0.133. The van der Waals surface area contributed by atoms with Crippen LogP contribution in [0.2, 0.25) is 0 Å². The predicted octanol–water partition coefficient (Wildman–Crippen LogP) is 5.96. The van der Waals surface area contributed by atoms with Crippen molar-refractivity contribution in [1.29, 1.82) is 0 Å². The van der Waals surface area contributed by atoms with E-state index in [-0.39, 0.29) is 12.2 Å². The lowest BCUT2D eigenvalue weighted by Gasteiger charge is -2.37. The Labute approximate surface area is 247 Å². The molecule has 0 spiro atoms. The minimum atomic E-state index is -1.03. The number of hydrogen-bond acceptors (Lipinski definition) is 7. The van der Waals surface area contributed by atoms with E-state index < -0.39 is 12.0 Å². The van der Waals surface area contributed by atoms with Crippen LogP contribution in [-0.4, -0.2) is 71.1 Å². The van der Waals surface area contributed by atoms with Crippen molar-refractivity contribution in [2.45, 2.75) is 32.7 Å². The number of carboxylic acids is 1. The van der Waals surface area contributed by atoms with Crippen molar-refractivity contribution < 1.29 is 19.1 Å². The number of para-hydroxylation sites is 1. The van der Waals surface area contributed by atoms with Crippen molar-refractivity contribution >= 4 is 22.7 Å². The molecular formula is C34H38N4O4. The van der Waals surface area contributed by atoms with Gasteiger partial charge in [0.15, 0.2) is 11.6 Å². The van der Waals surface area contributed by atoms with Gasteiger partial charge in [-0.3, -0.25) is 4.98 Å². The molecule has 0 aliphatic carbocycles. The van der Waals surface area contributed by atoms with Crippen molar-refractivity contribution in [2.75, 3.05) is 39.4 Å². The number of aliphatic carboxylic acids is 1. The maximum Gasteiger partial charge on any atom is 0.336 e. The number of aliphatic imine (C=N–C) groups is 1. The Bertz CT molecular complexity index is 1530. The van der Waals surface area contributed by atoms with Gasteiger partial charge in [-0.2, -0.15) is 0 Å². The van der Waals surface area contributed by atoms with Crippen LogP contribution in [-0.2, 0) is 16.0 Å². The number of amidine groups is 1. The Morgan fingerprint density at radius 3 is 2.52 bits per heavy atom. The van der Waals surface area contributed by atoms with E-state index in [4.69, 9.17) is 19.1 Å². The molecule has 1 atom stereocenters. The lowest BCUT2D eigenvalue weighted by atomic mass is 9.95. The molecule has 0 radical (unpaired) electrons. The zero-order valence-corrected chi connectivity index (χ0v) is 24.3. The van der Waals surface area contributed by atoms with Gasteiger partial charge >= 0.3 is 5.97 Å². The molecule has 2 aromatic heterocycles. The monoisotopic (exact) mass is 566 g/mol. The van der Waals surface area contributed by atoms with Gasteiger partial charge in [-0.15, -0.1) is 0 Å². The molecule has 1 aliphatic rings. The first-order valence-corrected chi connectivity index (χ1v) is 14.6. The number of carboxylic acid groups (broad SMARTS) is 1. The lowest BCUT2D eigenvalue weighted by Crippen LogP contribution is -2.42. The summed E-state index contributed by atoms with van der Waals surface area (Å²) in [5.74, 6) is 0.124. The molecular weight excluding hydrogens is 528 g/mol. The quantitative estimate of drug-likeness (QED) is 0.188. The van der Waals surface area contributed by atoms with Crippen LogP contribution in [0.1, 0.15) is 43.3 Å². The third-order valence-corrected chi connectivity index (χ3v) is 7.67. The molecule has 218 valence electrons. The summed E-state index contributed by atoms with van der Waals surface area (Å²) in [6.07, 6.45) is 3.24. The molecule has 5 rings (SSSR count). The van der Waals surface area contributed by atoms with Crippen molar-refractivity contribution in [3.8, 4) is 0 Å². The van der Waals surface area contributed by atoms with Gasteiger partial charge < -0.3 is 24.1 Å². The highest BCUT2D eigenvalue weighted by Crippen LogP contribution is 2.37. The third-order valence-electron chi connectivity index (χ3n) is 7.67. The highest BCUT2D eigenvalue weighted by atomic mass is 16.5. The molecule has 0 saturated heterocycles. The van der Waals surface area contributed by atoms with Crippen molar-refractivity contribution in [3.05, 3.63) is 113 Å². The number of carbonyl (C=O) groups is 1. The van der Waals surface area contributed by atoms with Gasteiger partial charge in [0, 0.05) is 18.5 Å². The van der Waals surface area contributed by atoms with E-state index in [1.165, 1.54) is 5.56 Å². The molecule has 2 aromatic carbocycles. The van der Waals surface area contributed by atoms with Gasteiger partial charge in [-0.05, 0) is 55.8 Å². The minimum Gasteiger partial charge on any atom is -0.478 e. The number of benzene rings is 2. The Balaban J connectivity index is 1.55. The van der Waals surface area contributed by atoms with E-state index in [1.54, 1.807) is 6.26 Å². The number of ether oxygens (including phenoxy) is 1. The number of aryl methyl sites for hydroxylation is 1. The fourth-order valence-corrected chi connectivity index (χ4v) is 5.42. The molecule has 42 heavy (non-hydrogen) atoms. The highest BCUT2D eigenvalue weighted by Gasteiger charge is 2.39. The molecule has 4 aromatic rings. The molecule has 1 aliphatic heterocycles. The Hall–Kier alpha value is -4.27. The summed E-state index contributed by atoms with van der Waals surface area (Å²) in [5.41, 5.74) is 3.24. The summed E-state index contributed by atoms with van der Waals surface area (Å²) in [6.45, 7) is 7.96. The average molecular weight is 567 g/mol. The Kier molecular flexibility index (Phi) is 9.79. The summed E-state index contributed by atoms with van der Waals surface area (Å²) in [4.78, 5) is 27.2. The second kappa shape index (κ2) is 14.1. The van der Waals surface area contributed by atoms with E-state index in [9.17, 15) is 9.90 Å². The van der Waals surface area contributed by atoms with Crippen LogP contribution < -0.4 is 0 Å². The number of furan rings is 1. The van der Waals surface area contributed by atoms with Crippen LogP contribution >= 0.6 is 0 Å². The molecule has 1 unspecified atom stereocenters. The van der Waals surface area contributed by atoms with Gasteiger partial charge in [0.25, 0.3) is 0 Å². The van der Waals surface area contributed by atoms with Crippen LogP contribution in [0.4, 0.5) is 0 Å². The molecule has 1 N–H and O–H groups in total. The van der Waals surface area contributed by atoms with Crippen molar-refractivity contribution in [2.24, 2.45) is 4.99 Å². The number of hydrogen-bond donors (Lipinski definition) is 1. The van der Waals surface area contributed by atoms with Crippen molar-refractivity contribution in [1.82, 2.24) is 14.8 Å². The van der Waals surface area contributed by atoms with Crippen LogP contribution in [0.25, 0.3) is 10.9 Å². The molecule has 0 amide bonds. The number of nitrogens with zero attached hydrogens (tertiary/aromatic N) is 4. The van der Waals surface area contributed by atoms with E-state index in [0.29, 0.717) is 36.1 Å². The second-order valence-electron chi connectivity index (χ2n) is 10.3. The normalized spacial score (nSPS) is 15.5. The second-order valence-corrected chi connectivity index (χ2v) is 10.3. The maximum atomic E-state index is 13.0. The van der Waals surface area contributed by atoms with E-state index >= 15 is 0 Å². The fraction of sp³-hybridized carbons (Fsp3) is 0.324. The van der Waals surface area contributed by atoms with Gasteiger partial charge in [0.1, 0.15) is 6.04 Å². The number of aromatic nitrogens is 1. The zero-order valence-electron chi connectivity index (χ0n) is 24.3. The van der Waals surface area contributed by atoms with E-state index in [1.807, 2.05) is 71.6 Å². The summed E-state index contributed by atoms with van der Waals surface area (Å²) < 4.78 is 11.9. The van der Waals surface area contributed by atoms with Gasteiger partial charge in [-0.25, -0.2) is 9.79 Å². The highest BCUT2D eigenvalue weighted by molar-refractivity contribution is 6.01. The minimum absolute atomic E-state index is 0.0784. The van der Waals surface area contributed by atoms with Crippen LogP contribution in [0.15, 0.2) is 106 Å². The number of rotatable bonds is 14. The SMILES string of the molecule is CCN(CC)CCOCC1=C(C(=O)O)C(c2ccc3ccccc3n2)N(CCCc2ccccc2)C(c2ccco2)=N1. The standard InChI is InChI=1S/C34H38N4O4/c1-3-37(4-2)21-23-41-24-29-31(34(39)40)32(28-19-18-26-15-8-9-16-27(26)35-28)38(33(36-29)30-17-11-22-42-30)20-10-14-25-12-6-5-7-13-25/h5-9,11-13,15-19,22,32H,3-4,10,14,20-21,23-24H2,1-2H3,(H,39,40). The van der Waals surface area contributed by atoms with E-state index in [2.05, 4.69) is 30.9 Å². The molecule has 3 heterocycles. The van der Waals surface area contributed by atoms with Gasteiger partial charge in [-0.1, -0.05) is 68.4 Å². The molecule has 0 saturated carbocycles. The topological polar surface area (TPSA) is 91.4 Å². The summed E-state index contributed by atoms with van der Waals surface area (Å²) in [5, 5.41) is 11.6. The molecule has 0 bridgehead atoms. The largest absolute Gasteiger partial charge is 0.478 e. The first-order chi connectivity index (χ1) is 20.6. The first-order valence-electron chi connectivity index (χ1n) is 14.6. The molecule has 8 nitrogen and oxygen atoms in total. The third kappa shape index (κ3) is 6.78. The summed E-state index contributed by atoms with van der Waals surface area (Å²) >= 11 is 0. The smallest absolute Gasteiger partial charge is 0.336 e. The average Bonchev–Trinajstić information content (AvgIpc) is 3.56. The molecule has 8 heteroatoms. The zero-order chi connectivity index (χ0) is 29.3. The van der Waals surface area contributed by atoms with Crippen molar-refractivity contribution in [3.63, 3.8) is 0 Å². The van der Waals surface area contributed by atoms with Gasteiger partial charge in [0.2, 0.25) is 0 Å². The predicted molar refractivity (Wildman–Crippen MR) is 164 cm³/mol. The molecule has 0 fully saturated rings. The van der Waals surface area contributed by atoms with E-state index in [0.717, 1.165) is 43.4 Å². The van der Waals surface area contributed by atoms with Gasteiger partial charge in [0.05, 0.1) is 42.0 Å². The fourth-order valence-electron chi connectivity index (χ4n) is 5.42. The maximum absolute atomic E-state index is 13.0. The Morgan fingerprint density at radius 2 is 1.79 bits per heavy atom. The van der Waals surface area contributed by atoms with Crippen LogP contribution in [0, 0.1) is 0 Å². The summed E-state index contributed by atoms with van der Waals surface area (Å²) in [6, 6.07) is 25.1. The van der Waals surface area contributed by atoms with Crippen LogP contribution in [0.5, 0.6) is 0 Å². The summed E-state index contributed by atoms with van der Waals surface area (Å²) in [7, 11) is 0.